The van der Waals surface area contributed by atoms with Crippen molar-refractivity contribution in [2.75, 3.05) is 19.6 Å². The summed E-state index contributed by atoms with van der Waals surface area (Å²) >= 11 is 0. The van der Waals surface area contributed by atoms with E-state index >= 15 is 0 Å². The van der Waals surface area contributed by atoms with Crippen LogP contribution in [-0.4, -0.2) is 48.7 Å². The molecule has 5 aliphatic carbocycles. The Morgan fingerprint density at radius 3 is 2.04 bits per heavy atom. The van der Waals surface area contributed by atoms with E-state index in [4.69, 9.17) is 4.74 Å². The van der Waals surface area contributed by atoms with Crippen LogP contribution in [-0.2, 0) is 9.53 Å². The topological polar surface area (TPSA) is 41.6 Å². The van der Waals surface area contributed by atoms with Crippen LogP contribution in [0.3, 0.4) is 0 Å². The minimum atomic E-state index is 0.274. The first-order valence-corrected chi connectivity index (χ1v) is 10.9. The normalized spacial score (nSPS) is 41.7. The second-order valence-corrected chi connectivity index (χ2v) is 9.69. The van der Waals surface area contributed by atoms with Crippen LogP contribution in [0.15, 0.2) is 0 Å². The number of ether oxygens (including phenoxy) is 1. The smallest absolute Gasteiger partial charge is 0.234 e. The third-order valence-corrected chi connectivity index (χ3v) is 7.89. The van der Waals surface area contributed by atoms with E-state index in [1.165, 1.54) is 51.4 Å². The van der Waals surface area contributed by atoms with E-state index in [1.807, 2.05) is 0 Å². The number of piperidine rings is 1. The van der Waals surface area contributed by atoms with Crippen molar-refractivity contribution in [2.24, 2.45) is 23.7 Å². The van der Waals surface area contributed by atoms with Crippen molar-refractivity contribution in [3.05, 3.63) is 0 Å². The highest BCUT2D eigenvalue weighted by molar-refractivity contribution is 5.78. The molecule has 6 fully saturated rings. The average Bonchev–Trinajstić information content (AvgIpc) is 2.55. The van der Waals surface area contributed by atoms with E-state index in [-0.39, 0.29) is 5.91 Å². The predicted octanol–water partition coefficient (Wildman–Crippen LogP) is 2.96. The monoisotopic (exact) mass is 346 g/mol. The molecule has 0 aromatic heterocycles. The molecule has 25 heavy (non-hydrogen) atoms. The molecule has 5 saturated carbocycles. The first-order chi connectivity index (χ1) is 12.2. The van der Waals surface area contributed by atoms with Gasteiger partial charge in [-0.15, -0.1) is 0 Å². The van der Waals surface area contributed by atoms with E-state index in [1.54, 1.807) is 0 Å². The van der Waals surface area contributed by atoms with Crippen LogP contribution in [0.4, 0.5) is 0 Å². The Morgan fingerprint density at radius 1 is 0.880 bits per heavy atom. The molecule has 4 nitrogen and oxygen atoms in total. The van der Waals surface area contributed by atoms with E-state index in [9.17, 15) is 4.79 Å². The summed E-state index contributed by atoms with van der Waals surface area (Å²) < 4.78 is 6.14. The first-order valence-electron chi connectivity index (χ1n) is 10.9. The fourth-order valence-corrected chi connectivity index (χ4v) is 6.58. The van der Waals surface area contributed by atoms with E-state index in [0.29, 0.717) is 24.8 Å². The minimum absolute atomic E-state index is 0.274. The van der Waals surface area contributed by atoms with E-state index in [2.05, 4.69) is 10.2 Å². The van der Waals surface area contributed by atoms with Gasteiger partial charge in [-0.25, -0.2) is 0 Å². The summed E-state index contributed by atoms with van der Waals surface area (Å²) in [4.78, 5) is 15.0. The Hall–Kier alpha value is -0.610. The third kappa shape index (κ3) is 3.49. The summed E-state index contributed by atoms with van der Waals surface area (Å²) in [6, 6.07) is 0.486. The molecule has 6 rings (SSSR count). The highest BCUT2D eigenvalue weighted by Crippen LogP contribution is 2.53. The molecule has 1 saturated heterocycles. The minimum Gasteiger partial charge on any atom is -0.375 e. The van der Waals surface area contributed by atoms with Gasteiger partial charge in [0.2, 0.25) is 5.91 Å². The second kappa shape index (κ2) is 6.84. The van der Waals surface area contributed by atoms with Crippen LogP contribution < -0.4 is 5.32 Å². The molecule has 1 heterocycles. The molecule has 0 unspecified atom stereocenters. The fraction of sp³-hybridized carbons (Fsp3) is 0.952. The predicted molar refractivity (Wildman–Crippen MR) is 97.2 cm³/mol. The number of hydrogen-bond donors (Lipinski definition) is 1. The zero-order valence-corrected chi connectivity index (χ0v) is 15.5. The van der Waals surface area contributed by atoms with Crippen molar-refractivity contribution in [2.45, 2.75) is 82.5 Å². The van der Waals surface area contributed by atoms with Gasteiger partial charge in [0, 0.05) is 19.1 Å². The van der Waals surface area contributed by atoms with Crippen LogP contribution in [0.25, 0.3) is 0 Å². The Morgan fingerprint density at radius 2 is 1.48 bits per heavy atom. The molecule has 0 aromatic carbocycles. The van der Waals surface area contributed by atoms with Gasteiger partial charge in [-0.1, -0.05) is 0 Å². The van der Waals surface area contributed by atoms with Crippen LogP contribution in [0, 0.1) is 23.7 Å². The molecule has 140 valence electrons. The fourth-order valence-electron chi connectivity index (χ4n) is 6.58. The van der Waals surface area contributed by atoms with Gasteiger partial charge in [0.25, 0.3) is 0 Å². The van der Waals surface area contributed by atoms with Crippen LogP contribution in [0.2, 0.25) is 0 Å². The quantitative estimate of drug-likeness (QED) is 0.832. The molecule has 0 aromatic rings. The van der Waals surface area contributed by atoms with Crippen molar-refractivity contribution < 1.29 is 9.53 Å². The number of carbonyl (C=O) groups is 1. The number of likely N-dealkylation sites (tertiary alicyclic amines) is 1. The van der Waals surface area contributed by atoms with Gasteiger partial charge in [-0.05, 0) is 87.9 Å². The maximum absolute atomic E-state index is 12.6. The Kier molecular flexibility index (Phi) is 4.53. The summed E-state index contributed by atoms with van der Waals surface area (Å²) in [7, 11) is 0. The molecule has 4 heteroatoms. The van der Waals surface area contributed by atoms with Crippen molar-refractivity contribution in [3.63, 3.8) is 0 Å². The van der Waals surface area contributed by atoms with Gasteiger partial charge in [-0.3, -0.25) is 9.69 Å². The lowest BCUT2D eigenvalue weighted by molar-refractivity contribution is -0.127. The first kappa shape index (κ1) is 16.6. The second-order valence-electron chi connectivity index (χ2n) is 9.69. The van der Waals surface area contributed by atoms with Crippen molar-refractivity contribution >= 4 is 5.91 Å². The number of nitrogens with zero attached hydrogens (tertiary/aromatic N) is 1. The van der Waals surface area contributed by atoms with Gasteiger partial charge in [0.15, 0.2) is 0 Å². The summed E-state index contributed by atoms with van der Waals surface area (Å²) in [6.07, 6.45) is 14.0. The molecular weight excluding hydrogens is 312 g/mol. The molecule has 4 bridgehead atoms. The molecule has 0 atom stereocenters. The lowest BCUT2D eigenvalue weighted by Gasteiger charge is -2.54. The standard InChI is InChI=1S/C21H34N2O2/c24-20(13-23-6-4-19(5-7-23)25-18-2-1-3-18)22-21-16-9-14-8-15(11-16)12-17(21)10-14/h14-19,21H,1-13H2,(H,22,24). The number of rotatable bonds is 5. The van der Waals surface area contributed by atoms with Gasteiger partial charge in [0.05, 0.1) is 18.8 Å². The molecule has 0 radical (unpaired) electrons. The molecule has 6 aliphatic rings. The van der Waals surface area contributed by atoms with Gasteiger partial charge < -0.3 is 10.1 Å². The molecule has 1 amide bonds. The lowest BCUT2D eigenvalue weighted by atomic mass is 9.54. The Bertz CT molecular complexity index is 468. The third-order valence-electron chi connectivity index (χ3n) is 7.89. The summed E-state index contributed by atoms with van der Waals surface area (Å²) in [6.45, 7) is 2.64. The molecule has 0 spiro atoms. The number of carbonyl (C=O) groups excluding carboxylic acids is 1. The maximum Gasteiger partial charge on any atom is 0.234 e. The summed E-state index contributed by atoms with van der Waals surface area (Å²) in [5.74, 6) is 3.79. The van der Waals surface area contributed by atoms with Crippen molar-refractivity contribution in [1.82, 2.24) is 10.2 Å². The number of amides is 1. The van der Waals surface area contributed by atoms with Crippen molar-refractivity contribution in [1.29, 1.82) is 0 Å². The summed E-state index contributed by atoms with van der Waals surface area (Å²) in [5, 5.41) is 3.46. The lowest BCUT2D eigenvalue weighted by Crippen LogP contribution is -2.57. The zero-order valence-electron chi connectivity index (χ0n) is 15.5. The zero-order chi connectivity index (χ0) is 16.8. The SMILES string of the molecule is O=C(CN1CCC(OC2CCC2)CC1)NC1C2CC3CC(C2)CC1C3. The van der Waals surface area contributed by atoms with E-state index < -0.39 is 0 Å². The molecule has 1 aliphatic heterocycles. The van der Waals surface area contributed by atoms with E-state index in [0.717, 1.165) is 49.6 Å². The van der Waals surface area contributed by atoms with Gasteiger partial charge >= 0.3 is 0 Å². The van der Waals surface area contributed by atoms with Crippen molar-refractivity contribution in [3.8, 4) is 0 Å². The highest BCUT2D eigenvalue weighted by atomic mass is 16.5. The van der Waals surface area contributed by atoms with Crippen LogP contribution in [0.1, 0.15) is 64.2 Å². The largest absolute Gasteiger partial charge is 0.375 e. The van der Waals surface area contributed by atoms with Gasteiger partial charge in [-0.2, -0.15) is 0 Å². The number of nitrogens with one attached hydrogen (secondary N) is 1. The number of hydrogen-bond acceptors (Lipinski definition) is 3. The summed E-state index contributed by atoms with van der Waals surface area (Å²) in [5.41, 5.74) is 0. The average molecular weight is 347 g/mol. The highest BCUT2D eigenvalue weighted by Gasteiger charge is 2.48. The van der Waals surface area contributed by atoms with Gasteiger partial charge in [0.1, 0.15) is 0 Å². The maximum atomic E-state index is 12.6. The molecule has 1 N–H and O–H groups in total. The van der Waals surface area contributed by atoms with Crippen LogP contribution in [0.5, 0.6) is 0 Å². The Balaban J connectivity index is 1.07. The molecular formula is C21H34N2O2. The Labute approximate surface area is 152 Å². The van der Waals surface area contributed by atoms with Crippen LogP contribution >= 0.6 is 0 Å².